The molecule has 27 heavy (non-hydrogen) atoms. The Kier molecular flexibility index (Phi) is 5.69. The molecule has 0 aliphatic carbocycles. The SMILES string of the molecule is O=C(Nc1ccccc1Cl)NC1CCN(c2cc(C(F)(F)F)ncn2)CC1. The van der Waals surface area contributed by atoms with E-state index >= 15 is 0 Å². The molecule has 1 aliphatic heterocycles. The Morgan fingerprint density at radius 1 is 1.19 bits per heavy atom. The molecule has 2 amide bonds. The number of carbonyl (C=O) groups excluding carboxylic acids is 1. The molecule has 2 N–H and O–H groups in total. The average molecular weight is 400 g/mol. The van der Waals surface area contributed by atoms with Crippen LogP contribution in [0.15, 0.2) is 36.7 Å². The van der Waals surface area contributed by atoms with E-state index in [0.29, 0.717) is 36.6 Å². The quantitative estimate of drug-likeness (QED) is 0.820. The highest BCUT2D eigenvalue weighted by molar-refractivity contribution is 6.33. The van der Waals surface area contributed by atoms with Crippen molar-refractivity contribution in [3.8, 4) is 0 Å². The van der Waals surface area contributed by atoms with Crippen LogP contribution in [0.5, 0.6) is 0 Å². The zero-order valence-electron chi connectivity index (χ0n) is 14.1. The number of nitrogens with one attached hydrogen (secondary N) is 2. The van der Waals surface area contributed by atoms with Gasteiger partial charge in [-0.3, -0.25) is 0 Å². The predicted molar refractivity (Wildman–Crippen MR) is 95.9 cm³/mol. The molecule has 2 aromatic rings. The van der Waals surface area contributed by atoms with Crippen LogP contribution in [-0.2, 0) is 6.18 Å². The normalized spacial score (nSPS) is 15.5. The number of rotatable bonds is 3. The maximum absolute atomic E-state index is 12.8. The third-order valence-electron chi connectivity index (χ3n) is 4.22. The van der Waals surface area contributed by atoms with Crippen LogP contribution in [0.3, 0.4) is 0 Å². The van der Waals surface area contributed by atoms with Crippen LogP contribution < -0.4 is 15.5 Å². The van der Waals surface area contributed by atoms with Crippen molar-refractivity contribution in [3.05, 3.63) is 47.4 Å². The molecule has 1 aromatic heterocycles. The first-order valence-electron chi connectivity index (χ1n) is 8.29. The molecule has 0 radical (unpaired) electrons. The van der Waals surface area contributed by atoms with Crippen LogP contribution in [0.2, 0.25) is 5.02 Å². The van der Waals surface area contributed by atoms with Crippen molar-refractivity contribution in [2.24, 2.45) is 0 Å². The smallest absolute Gasteiger partial charge is 0.356 e. The van der Waals surface area contributed by atoms with Gasteiger partial charge in [-0.15, -0.1) is 0 Å². The average Bonchev–Trinajstić information content (AvgIpc) is 2.64. The number of amides is 2. The molecule has 2 heterocycles. The Bertz CT molecular complexity index is 809. The second kappa shape index (κ2) is 7.99. The standard InChI is InChI=1S/C17H17ClF3N5O/c18-12-3-1-2-4-13(12)25-16(27)24-11-5-7-26(8-6-11)15-9-14(17(19,20)21)22-10-23-15/h1-4,9-11H,5-8H2,(H2,24,25,27). The van der Waals surface area contributed by atoms with E-state index in [0.717, 1.165) is 12.4 Å². The lowest BCUT2D eigenvalue weighted by Gasteiger charge is -2.33. The highest BCUT2D eigenvalue weighted by Gasteiger charge is 2.33. The van der Waals surface area contributed by atoms with Crippen molar-refractivity contribution in [2.75, 3.05) is 23.3 Å². The topological polar surface area (TPSA) is 70.2 Å². The zero-order chi connectivity index (χ0) is 19.4. The number of piperidine rings is 1. The van der Waals surface area contributed by atoms with Gasteiger partial charge in [0.25, 0.3) is 0 Å². The van der Waals surface area contributed by atoms with E-state index in [1.165, 1.54) is 0 Å². The molecule has 1 aliphatic rings. The summed E-state index contributed by atoms with van der Waals surface area (Å²) in [4.78, 5) is 21.0. The van der Waals surface area contributed by atoms with E-state index in [-0.39, 0.29) is 17.9 Å². The third kappa shape index (κ3) is 5.00. The van der Waals surface area contributed by atoms with Crippen molar-refractivity contribution in [3.63, 3.8) is 0 Å². The summed E-state index contributed by atoms with van der Waals surface area (Å²) < 4.78 is 38.3. The van der Waals surface area contributed by atoms with Gasteiger partial charge in [-0.25, -0.2) is 14.8 Å². The zero-order valence-corrected chi connectivity index (χ0v) is 14.9. The Morgan fingerprint density at radius 2 is 1.89 bits per heavy atom. The van der Waals surface area contributed by atoms with Gasteiger partial charge in [0.2, 0.25) is 0 Å². The maximum atomic E-state index is 12.8. The molecule has 6 nitrogen and oxygen atoms in total. The fourth-order valence-corrected chi connectivity index (χ4v) is 3.02. The first kappa shape index (κ1) is 19.2. The van der Waals surface area contributed by atoms with Crippen LogP contribution >= 0.6 is 11.6 Å². The van der Waals surface area contributed by atoms with Crippen molar-refractivity contribution >= 4 is 29.1 Å². The summed E-state index contributed by atoms with van der Waals surface area (Å²) in [5, 5.41) is 5.97. The van der Waals surface area contributed by atoms with Gasteiger partial charge in [0, 0.05) is 25.2 Å². The minimum atomic E-state index is -4.51. The number of nitrogens with zero attached hydrogens (tertiary/aromatic N) is 3. The van der Waals surface area contributed by atoms with Crippen LogP contribution in [0, 0.1) is 0 Å². The molecule has 0 atom stereocenters. The lowest BCUT2D eigenvalue weighted by Crippen LogP contribution is -2.46. The lowest BCUT2D eigenvalue weighted by atomic mass is 10.1. The molecule has 1 saturated heterocycles. The summed E-state index contributed by atoms with van der Waals surface area (Å²) in [5.74, 6) is 0.233. The Labute approximate surface area is 158 Å². The van der Waals surface area contributed by atoms with Crippen LogP contribution in [0.25, 0.3) is 0 Å². The highest BCUT2D eigenvalue weighted by Crippen LogP contribution is 2.29. The summed E-state index contributed by atoms with van der Waals surface area (Å²) in [7, 11) is 0. The summed E-state index contributed by atoms with van der Waals surface area (Å²) in [6, 6.07) is 7.37. The summed E-state index contributed by atoms with van der Waals surface area (Å²) in [6.45, 7) is 0.955. The van der Waals surface area contributed by atoms with Crippen molar-refractivity contribution in [1.29, 1.82) is 0 Å². The first-order valence-corrected chi connectivity index (χ1v) is 8.67. The van der Waals surface area contributed by atoms with Crippen LogP contribution in [-0.4, -0.2) is 35.1 Å². The number of anilines is 2. The Morgan fingerprint density at radius 3 is 2.56 bits per heavy atom. The minimum Gasteiger partial charge on any atom is -0.356 e. The van der Waals surface area contributed by atoms with Crippen molar-refractivity contribution in [1.82, 2.24) is 15.3 Å². The molecular formula is C17H17ClF3N5O. The number of hydrogen-bond donors (Lipinski definition) is 2. The van der Waals surface area contributed by atoms with Gasteiger partial charge < -0.3 is 15.5 Å². The number of urea groups is 1. The molecule has 0 spiro atoms. The molecule has 1 fully saturated rings. The molecule has 0 saturated carbocycles. The molecule has 1 aromatic carbocycles. The number of alkyl halides is 3. The second-order valence-corrected chi connectivity index (χ2v) is 6.51. The van der Waals surface area contributed by atoms with Crippen molar-refractivity contribution in [2.45, 2.75) is 25.1 Å². The number of para-hydroxylation sites is 1. The number of carbonyl (C=O) groups is 1. The maximum Gasteiger partial charge on any atom is 0.433 e. The number of hydrogen-bond acceptors (Lipinski definition) is 4. The summed E-state index contributed by atoms with van der Waals surface area (Å²) in [6.07, 6.45) is -2.42. The summed E-state index contributed by atoms with van der Waals surface area (Å²) in [5.41, 5.74) is -0.457. The monoisotopic (exact) mass is 399 g/mol. The first-order chi connectivity index (χ1) is 12.8. The lowest BCUT2D eigenvalue weighted by molar-refractivity contribution is -0.141. The van der Waals surface area contributed by atoms with Gasteiger partial charge in [0.15, 0.2) is 0 Å². The molecule has 144 valence electrons. The third-order valence-corrected chi connectivity index (χ3v) is 4.55. The largest absolute Gasteiger partial charge is 0.433 e. The Balaban J connectivity index is 1.53. The van der Waals surface area contributed by atoms with Gasteiger partial charge in [-0.05, 0) is 25.0 Å². The van der Waals surface area contributed by atoms with Crippen LogP contribution in [0.4, 0.5) is 29.5 Å². The van der Waals surface area contributed by atoms with Gasteiger partial charge >= 0.3 is 12.2 Å². The second-order valence-electron chi connectivity index (χ2n) is 6.10. The van der Waals surface area contributed by atoms with E-state index in [4.69, 9.17) is 11.6 Å². The van der Waals surface area contributed by atoms with E-state index in [1.54, 1.807) is 29.2 Å². The van der Waals surface area contributed by atoms with Gasteiger partial charge in [-0.2, -0.15) is 13.2 Å². The molecule has 0 unspecified atom stereocenters. The minimum absolute atomic E-state index is 0.0901. The molecule has 3 rings (SSSR count). The number of benzene rings is 1. The fourth-order valence-electron chi connectivity index (χ4n) is 2.83. The Hall–Kier alpha value is -2.55. The van der Waals surface area contributed by atoms with E-state index in [9.17, 15) is 18.0 Å². The summed E-state index contributed by atoms with van der Waals surface area (Å²) >= 11 is 6.00. The fraction of sp³-hybridized carbons (Fsp3) is 0.353. The molecule has 0 bridgehead atoms. The molecule has 10 heteroatoms. The van der Waals surface area contributed by atoms with E-state index < -0.39 is 11.9 Å². The highest BCUT2D eigenvalue weighted by atomic mass is 35.5. The number of halogens is 4. The van der Waals surface area contributed by atoms with E-state index in [2.05, 4.69) is 20.6 Å². The van der Waals surface area contributed by atoms with Gasteiger partial charge in [0.05, 0.1) is 10.7 Å². The van der Waals surface area contributed by atoms with E-state index in [1.807, 2.05) is 0 Å². The van der Waals surface area contributed by atoms with Gasteiger partial charge in [0.1, 0.15) is 17.8 Å². The predicted octanol–water partition coefficient (Wildman–Crippen LogP) is 3.94. The van der Waals surface area contributed by atoms with Crippen molar-refractivity contribution < 1.29 is 18.0 Å². The van der Waals surface area contributed by atoms with Gasteiger partial charge in [-0.1, -0.05) is 23.7 Å². The number of aromatic nitrogens is 2. The molecular weight excluding hydrogens is 383 g/mol. The van der Waals surface area contributed by atoms with Crippen LogP contribution in [0.1, 0.15) is 18.5 Å².